The Bertz CT molecular complexity index is 1040. The Morgan fingerprint density at radius 2 is 2.09 bits per heavy atom. The Labute approximate surface area is 200 Å². The molecule has 2 aliphatic rings. The number of thioether (sulfide) groups is 2. The van der Waals surface area contributed by atoms with Crippen LogP contribution in [0.3, 0.4) is 0 Å². The van der Waals surface area contributed by atoms with Crippen LogP contribution in [0.25, 0.3) is 0 Å². The summed E-state index contributed by atoms with van der Waals surface area (Å²) in [4.78, 5) is 48.1. The monoisotopic (exact) mass is 543 g/mol. The molecule has 1 aromatic heterocycles. The van der Waals surface area contributed by atoms with E-state index in [9.17, 15) is 42.0 Å². The van der Waals surface area contributed by atoms with Crippen molar-refractivity contribution in [3.8, 4) is 0 Å². The summed E-state index contributed by atoms with van der Waals surface area (Å²) < 4.78 is 49.5. The van der Waals surface area contributed by atoms with Crippen LogP contribution < -0.4 is 11.1 Å². The van der Waals surface area contributed by atoms with Gasteiger partial charge in [0.05, 0.1) is 17.7 Å². The number of aromatic nitrogens is 4. The number of rotatable bonds is 10. The smallest absolute Gasteiger partial charge is 0.573 e. The Hall–Kier alpha value is -2.51. The Morgan fingerprint density at radius 1 is 1.38 bits per heavy atom. The first-order valence-corrected chi connectivity index (χ1v) is 12.6. The number of amides is 3. The molecule has 1 fully saturated rings. The Morgan fingerprint density at radius 3 is 2.71 bits per heavy atom. The molecular weight excluding hydrogens is 527 g/mol. The van der Waals surface area contributed by atoms with E-state index in [1.807, 2.05) is 0 Å². The van der Waals surface area contributed by atoms with Crippen molar-refractivity contribution in [2.75, 3.05) is 17.3 Å². The van der Waals surface area contributed by atoms with Gasteiger partial charge in [0.2, 0.25) is 11.1 Å². The lowest BCUT2D eigenvalue weighted by molar-refractivity contribution is -0.150. The van der Waals surface area contributed by atoms with E-state index in [4.69, 9.17) is 5.73 Å². The molecule has 3 rings (SSSR count). The van der Waals surface area contributed by atoms with E-state index in [0.717, 1.165) is 28.4 Å². The van der Waals surface area contributed by atoms with Crippen LogP contribution in [-0.4, -0.2) is 92.6 Å². The highest BCUT2D eigenvalue weighted by atomic mass is 32.2. The number of carbonyl (C=O) groups excluding carboxylic acids is 3. The zero-order valence-electron chi connectivity index (χ0n) is 16.9. The molecule has 19 heteroatoms. The molecule has 0 saturated carbocycles. The SMILES string of the molecule is NC(=O)CCn1nnnc1SCC1=C(C(=O)O)N2C(=O)C(NC(=O)C[S+]([O-])C(F)(F)F)[C@H]2SC1. The molecule has 3 amide bonds. The Kier molecular flexibility index (Phi) is 7.98. The van der Waals surface area contributed by atoms with Gasteiger partial charge in [0, 0.05) is 17.9 Å². The van der Waals surface area contributed by atoms with Gasteiger partial charge in [0.15, 0.2) is 5.75 Å². The fraction of sp³-hybridized carbons (Fsp3) is 0.533. The van der Waals surface area contributed by atoms with Crippen LogP contribution in [-0.2, 0) is 36.9 Å². The maximum atomic E-state index is 12.5. The topological polar surface area (TPSA) is 196 Å². The number of tetrazole rings is 1. The highest BCUT2D eigenvalue weighted by Gasteiger charge is 2.55. The van der Waals surface area contributed by atoms with E-state index in [2.05, 4.69) is 20.8 Å². The standard InChI is InChI=1S/C15H16F3N7O6S3/c16-15(17,18)34(31)5-8(27)20-9-11(28)25-10(13(29)30)6(3-32-12(9)25)4-33-14-21-22-23-24(14)2-1-7(19)26/h9,12H,1-5H2,(H2,19,26)(H,20,27)(H,29,30)/t9?,12-,34?/m1/s1. The molecule has 34 heavy (non-hydrogen) atoms. The molecule has 2 aliphatic heterocycles. The van der Waals surface area contributed by atoms with Crippen molar-refractivity contribution in [3.05, 3.63) is 11.3 Å². The van der Waals surface area contributed by atoms with Crippen molar-refractivity contribution in [1.29, 1.82) is 0 Å². The fourth-order valence-corrected chi connectivity index (χ4v) is 5.89. The lowest BCUT2D eigenvalue weighted by Gasteiger charge is -2.49. The van der Waals surface area contributed by atoms with Gasteiger partial charge in [-0.05, 0) is 16.0 Å². The van der Waals surface area contributed by atoms with E-state index in [1.54, 1.807) is 0 Å². The number of aliphatic carboxylic acids is 1. The van der Waals surface area contributed by atoms with Gasteiger partial charge >= 0.3 is 11.5 Å². The van der Waals surface area contributed by atoms with Crippen LogP contribution in [0.5, 0.6) is 0 Å². The number of hydrogen-bond acceptors (Lipinski definition) is 10. The van der Waals surface area contributed by atoms with Crippen LogP contribution in [0.1, 0.15) is 6.42 Å². The van der Waals surface area contributed by atoms with Gasteiger partial charge in [0.25, 0.3) is 11.8 Å². The van der Waals surface area contributed by atoms with Crippen molar-refractivity contribution in [1.82, 2.24) is 30.4 Å². The molecule has 3 heterocycles. The molecular formula is C15H16F3N7O6S3. The number of halogens is 3. The molecule has 0 radical (unpaired) electrons. The highest BCUT2D eigenvalue weighted by molar-refractivity contribution is 8.01. The lowest BCUT2D eigenvalue weighted by Crippen LogP contribution is -2.71. The maximum Gasteiger partial charge on any atom is 0.573 e. The molecule has 1 saturated heterocycles. The molecule has 0 aliphatic carbocycles. The number of β-lactam (4-membered cyclic amide) rings is 1. The molecule has 186 valence electrons. The molecule has 2 unspecified atom stereocenters. The fourth-order valence-electron chi connectivity index (χ4n) is 3.02. The first kappa shape index (κ1) is 26.1. The van der Waals surface area contributed by atoms with Gasteiger partial charge in [-0.1, -0.05) is 11.8 Å². The minimum atomic E-state index is -5.07. The first-order chi connectivity index (χ1) is 15.9. The van der Waals surface area contributed by atoms with Crippen LogP contribution in [0, 0.1) is 0 Å². The molecule has 0 bridgehead atoms. The van der Waals surface area contributed by atoms with Gasteiger partial charge in [-0.25, -0.2) is 9.48 Å². The number of nitrogens with two attached hydrogens (primary N) is 1. The van der Waals surface area contributed by atoms with E-state index in [1.165, 1.54) is 4.68 Å². The predicted molar refractivity (Wildman–Crippen MR) is 111 cm³/mol. The second-order valence-electron chi connectivity index (χ2n) is 6.84. The number of primary amides is 1. The average molecular weight is 544 g/mol. The van der Waals surface area contributed by atoms with E-state index in [-0.39, 0.29) is 30.2 Å². The van der Waals surface area contributed by atoms with E-state index in [0.29, 0.717) is 10.7 Å². The zero-order chi connectivity index (χ0) is 25.2. The molecule has 4 N–H and O–H groups in total. The van der Waals surface area contributed by atoms with Crippen LogP contribution in [0.2, 0.25) is 0 Å². The van der Waals surface area contributed by atoms with Gasteiger partial charge in [0.1, 0.15) is 17.1 Å². The van der Waals surface area contributed by atoms with Crippen molar-refractivity contribution >= 4 is 58.4 Å². The first-order valence-electron chi connectivity index (χ1n) is 9.22. The third-order valence-electron chi connectivity index (χ3n) is 4.53. The number of hydrogen-bond donors (Lipinski definition) is 3. The van der Waals surface area contributed by atoms with Gasteiger partial charge < -0.3 is 20.7 Å². The largest absolute Gasteiger partial charge is 0.609 e. The van der Waals surface area contributed by atoms with Gasteiger partial charge in [-0.2, -0.15) is 0 Å². The number of carbonyl (C=O) groups is 4. The molecule has 13 nitrogen and oxygen atoms in total. The summed E-state index contributed by atoms with van der Waals surface area (Å²) in [5, 5.41) is 22.2. The van der Waals surface area contributed by atoms with Crippen LogP contribution >= 0.6 is 23.5 Å². The summed E-state index contributed by atoms with van der Waals surface area (Å²) >= 11 is -1.23. The third kappa shape index (κ3) is 5.76. The third-order valence-corrected chi connectivity index (χ3v) is 7.95. The normalized spacial score (nSPS) is 21.1. The summed E-state index contributed by atoms with van der Waals surface area (Å²) in [6.07, 6.45) is -0.00878. The summed E-state index contributed by atoms with van der Waals surface area (Å²) in [6, 6.07) is -1.24. The molecule has 0 spiro atoms. The Balaban J connectivity index is 1.66. The van der Waals surface area contributed by atoms with Gasteiger partial charge in [-0.15, -0.1) is 30.0 Å². The minimum Gasteiger partial charge on any atom is -0.609 e. The molecule has 0 aromatic carbocycles. The van der Waals surface area contributed by atoms with Crippen molar-refractivity contribution in [3.63, 3.8) is 0 Å². The second-order valence-corrected chi connectivity index (χ2v) is 10.3. The number of carboxylic acid groups (broad SMARTS) is 1. The number of aryl methyl sites for hydroxylation is 1. The predicted octanol–water partition coefficient (Wildman–Crippen LogP) is -1.35. The summed E-state index contributed by atoms with van der Waals surface area (Å²) in [7, 11) is 0. The number of fused-ring (bicyclic) bond motifs is 1. The summed E-state index contributed by atoms with van der Waals surface area (Å²) in [5.41, 5.74) is 0.0866. The van der Waals surface area contributed by atoms with Crippen molar-refractivity contribution in [2.24, 2.45) is 5.73 Å². The number of nitrogens with one attached hydrogen (secondary N) is 1. The van der Waals surface area contributed by atoms with Gasteiger partial charge in [-0.3, -0.25) is 19.3 Å². The zero-order valence-corrected chi connectivity index (χ0v) is 19.3. The molecule has 3 atom stereocenters. The van der Waals surface area contributed by atoms with Crippen LogP contribution in [0.15, 0.2) is 16.4 Å². The number of nitrogens with zero attached hydrogens (tertiary/aromatic N) is 5. The summed E-state index contributed by atoms with van der Waals surface area (Å²) in [6.45, 7) is 0.122. The summed E-state index contributed by atoms with van der Waals surface area (Å²) in [5.74, 6) is -5.13. The maximum absolute atomic E-state index is 12.5. The number of alkyl halides is 3. The quantitative estimate of drug-likeness (QED) is 0.179. The van der Waals surface area contributed by atoms with Crippen molar-refractivity contribution < 1.29 is 42.0 Å². The number of carboxylic acids is 1. The minimum absolute atomic E-state index is 0.00878. The molecule has 1 aromatic rings. The average Bonchev–Trinajstić information content (AvgIpc) is 3.20. The highest BCUT2D eigenvalue weighted by Crippen LogP contribution is 2.41. The lowest BCUT2D eigenvalue weighted by atomic mass is 10.0. The van der Waals surface area contributed by atoms with Crippen LogP contribution in [0.4, 0.5) is 13.2 Å². The van der Waals surface area contributed by atoms with E-state index >= 15 is 0 Å². The second kappa shape index (κ2) is 10.4. The van der Waals surface area contributed by atoms with E-state index < -0.39 is 57.5 Å². The van der Waals surface area contributed by atoms with Crippen molar-refractivity contribution in [2.45, 2.75) is 35.0 Å².